The van der Waals surface area contributed by atoms with Gasteiger partial charge in [0.15, 0.2) is 11.0 Å². The summed E-state index contributed by atoms with van der Waals surface area (Å²) in [5.74, 6) is 1.05. The largest absolute Gasteiger partial charge is 0.468 e. The molecular weight excluding hydrogens is 428 g/mol. The Hall–Kier alpha value is -3.64. The van der Waals surface area contributed by atoms with Gasteiger partial charge in [-0.3, -0.25) is 14.5 Å². The molecule has 1 saturated heterocycles. The lowest BCUT2D eigenvalue weighted by molar-refractivity contribution is 0.0914. The number of piperidine rings is 1. The molecule has 2 aromatic heterocycles. The number of fused-ring (bicyclic) bond motifs is 1. The normalized spacial score (nSPS) is 15.3. The SMILES string of the molecule is Cc1c(-c2ccccc2)oc2c(C(=O)NCC(c3ccco3)N3CCCCC3)cccc2c1=O. The van der Waals surface area contributed by atoms with E-state index in [1.807, 2.05) is 42.5 Å². The number of para-hydroxylation sites is 1. The van der Waals surface area contributed by atoms with Crippen molar-refractivity contribution in [2.45, 2.75) is 32.2 Å². The van der Waals surface area contributed by atoms with Gasteiger partial charge in [-0.15, -0.1) is 0 Å². The van der Waals surface area contributed by atoms with Crippen LogP contribution in [-0.2, 0) is 0 Å². The molecule has 1 aliphatic rings. The lowest BCUT2D eigenvalue weighted by Crippen LogP contribution is -2.40. The summed E-state index contributed by atoms with van der Waals surface area (Å²) in [5, 5.41) is 3.47. The van der Waals surface area contributed by atoms with E-state index in [0.29, 0.717) is 34.4 Å². The molecule has 5 rings (SSSR count). The highest BCUT2D eigenvalue weighted by Gasteiger charge is 2.26. The number of furan rings is 1. The van der Waals surface area contributed by atoms with E-state index in [1.165, 1.54) is 6.42 Å². The number of carbonyl (C=O) groups is 1. The van der Waals surface area contributed by atoms with Crippen molar-refractivity contribution in [3.05, 3.63) is 94.0 Å². The molecule has 1 aliphatic heterocycles. The Balaban J connectivity index is 1.47. The van der Waals surface area contributed by atoms with Gasteiger partial charge < -0.3 is 14.2 Å². The van der Waals surface area contributed by atoms with Gasteiger partial charge >= 0.3 is 0 Å². The highest BCUT2D eigenvalue weighted by molar-refractivity contribution is 6.05. The van der Waals surface area contributed by atoms with E-state index in [0.717, 1.165) is 37.3 Å². The molecule has 3 heterocycles. The predicted molar refractivity (Wildman–Crippen MR) is 132 cm³/mol. The van der Waals surface area contributed by atoms with Crippen molar-refractivity contribution in [3.8, 4) is 11.3 Å². The van der Waals surface area contributed by atoms with Crippen LogP contribution in [0.25, 0.3) is 22.3 Å². The zero-order valence-corrected chi connectivity index (χ0v) is 19.3. The van der Waals surface area contributed by atoms with Crippen LogP contribution in [-0.4, -0.2) is 30.4 Å². The van der Waals surface area contributed by atoms with Crippen LogP contribution in [0.2, 0.25) is 0 Å². The van der Waals surface area contributed by atoms with Crippen LogP contribution >= 0.6 is 0 Å². The highest BCUT2D eigenvalue weighted by Crippen LogP contribution is 2.28. The maximum atomic E-state index is 13.3. The Morgan fingerprint density at radius 3 is 2.53 bits per heavy atom. The van der Waals surface area contributed by atoms with Crippen molar-refractivity contribution in [2.75, 3.05) is 19.6 Å². The lowest BCUT2D eigenvalue weighted by Gasteiger charge is -2.33. The first-order valence-corrected chi connectivity index (χ1v) is 11.8. The molecule has 0 radical (unpaired) electrons. The Labute approximate surface area is 198 Å². The van der Waals surface area contributed by atoms with E-state index in [1.54, 1.807) is 31.4 Å². The van der Waals surface area contributed by atoms with Crippen LogP contribution in [0.3, 0.4) is 0 Å². The van der Waals surface area contributed by atoms with Gasteiger partial charge in [0.25, 0.3) is 5.91 Å². The second kappa shape index (κ2) is 9.69. The van der Waals surface area contributed by atoms with E-state index < -0.39 is 0 Å². The van der Waals surface area contributed by atoms with E-state index in [4.69, 9.17) is 8.83 Å². The van der Waals surface area contributed by atoms with E-state index in [9.17, 15) is 9.59 Å². The molecule has 6 heteroatoms. The second-order valence-electron chi connectivity index (χ2n) is 8.77. The number of rotatable bonds is 6. The third-order valence-corrected chi connectivity index (χ3v) is 6.58. The summed E-state index contributed by atoms with van der Waals surface area (Å²) >= 11 is 0. The van der Waals surface area contributed by atoms with Crippen LogP contribution in [0.4, 0.5) is 0 Å². The molecule has 1 fully saturated rings. The summed E-state index contributed by atoms with van der Waals surface area (Å²) < 4.78 is 11.9. The van der Waals surface area contributed by atoms with Gasteiger partial charge in [0.2, 0.25) is 0 Å². The summed E-state index contributed by atoms with van der Waals surface area (Å²) in [6.07, 6.45) is 5.18. The number of amides is 1. The van der Waals surface area contributed by atoms with Crippen LogP contribution in [0.15, 0.2) is 80.6 Å². The summed E-state index contributed by atoms with van der Waals surface area (Å²) in [6.45, 7) is 4.12. The first kappa shape index (κ1) is 22.2. The molecular formula is C28H28N2O4. The first-order chi connectivity index (χ1) is 16.6. The van der Waals surface area contributed by atoms with Crippen LogP contribution in [0.5, 0.6) is 0 Å². The number of hydrogen-bond acceptors (Lipinski definition) is 5. The standard InChI is InChI=1S/C28H28N2O4/c1-19-25(31)21-12-8-13-22(27(21)34-26(19)20-10-4-2-5-11-20)28(32)29-18-23(24-14-9-17-33-24)30-15-6-3-7-16-30/h2,4-5,8-14,17,23H,3,6-7,15-16,18H2,1H3,(H,29,32). The smallest absolute Gasteiger partial charge is 0.255 e. The Bertz CT molecular complexity index is 1340. The minimum absolute atomic E-state index is 0.0386. The third-order valence-electron chi connectivity index (χ3n) is 6.58. The molecule has 1 atom stereocenters. The monoisotopic (exact) mass is 456 g/mol. The van der Waals surface area contributed by atoms with E-state index in [-0.39, 0.29) is 17.4 Å². The third kappa shape index (κ3) is 4.29. The quantitative estimate of drug-likeness (QED) is 0.425. The van der Waals surface area contributed by atoms with Gasteiger partial charge in [-0.1, -0.05) is 42.8 Å². The average Bonchev–Trinajstić information content (AvgIpc) is 3.42. The fourth-order valence-electron chi connectivity index (χ4n) is 4.76. The summed E-state index contributed by atoms with van der Waals surface area (Å²) in [4.78, 5) is 28.8. The molecule has 174 valence electrons. The van der Waals surface area contributed by atoms with Gasteiger partial charge in [-0.25, -0.2) is 0 Å². The molecule has 6 nitrogen and oxygen atoms in total. The fourth-order valence-corrected chi connectivity index (χ4v) is 4.76. The van der Waals surface area contributed by atoms with Gasteiger partial charge in [0, 0.05) is 17.7 Å². The van der Waals surface area contributed by atoms with Crippen molar-refractivity contribution >= 4 is 16.9 Å². The van der Waals surface area contributed by atoms with Gasteiger partial charge in [-0.05, 0) is 57.1 Å². The first-order valence-electron chi connectivity index (χ1n) is 11.8. The lowest BCUT2D eigenvalue weighted by atomic mass is 10.0. The molecule has 0 aliphatic carbocycles. The molecule has 0 saturated carbocycles. The highest BCUT2D eigenvalue weighted by atomic mass is 16.3. The number of nitrogens with zero attached hydrogens (tertiary/aromatic N) is 1. The zero-order chi connectivity index (χ0) is 23.5. The fraction of sp³-hybridized carbons (Fsp3) is 0.286. The zero-order valence-electron chi connectivity index (χ0n) is 19.3. The average molecular weight is 457 g/mol. The molecule has 0 spiro atoms. The van der Waals surface area contributed by atoms with Crippen molar-refractivity contribution in [1.29, 1.82) is 0 Å². The number of nitrogens with one attached hydrogen (secondary N) is 1. The Kier molecular flexibility index (Phi) is 6.32. The van der Waals surface area contributed by atoms with Crippen molar-refractivity contribution in [1.82, 2.24) is 10.2 Å². The number of hydrogen-bond donors (Lipinski definition) is 1. The number of benzene rings is 2. The molecule has 2 aromatic carbocycles. The van der Waals surface area contributed by atoms with Crippen LogP contribution in [0.1, 0.15) is 47.0 Å². The van der Waals surface area contributed by atoms with Crippen molar-refractivity contribution in [2.24, 2.45) is 0 Å². The minimum atomic E-state index is -0.273. The Morgan fingerprint density at radius 2 is 1.79 bits per heavy atom. The van der Waals surface area contributed by atoms with Gasteiger partial charge in [-0.2, -0.15) is 0 Å². The number of likely N-dealkylation sites (tertiary alicyclic amines) is 1. The maximum absolute atomic E-state index is 13.3. The van der Waals surface area contributed by atoms with Gasteiger partial charge in [0.05, 0.1) is 23.3 Å². The van der Waals surface area contributed by atoms with Gasteiger partial charge in [0.1, 0.15) is 11.5 Å². The minimum Gasteiger partial charge on any atom is -0.468 e. The van der Waals surface area contributed by atoms with Crippen LogP contribution in [0, 0.1) is 6.92 Å². The molecule has 34 heavy (non-hydrogen) atoms. The summed E-state index contributed by atoms with van der Waals surface area (Å²) in [5.41, 5.74) is 1.86. The molecule has 1 amide bonds. The summed E-state index contributed by atoms with van der Waals surface area (Å²) in [7, 11) is 0. The molecule has 0 bridgehead atoms. The van der Waals surface area contributed by atoms with Crippen molar-refractivity contribution < 1.29 is 13.6 Å². The Morgan fingerprint density at radius 1 is 1.00 bits per heavy atom. The second-order valence-corrected chi connectivity index (χ2v) is 8.77. The van der Waals surface area contributed by atoms with Crippen molar-refractivity contribution in [3.63, 3.8) is 0 Å². The maximum Gasteiger partial charge on any atom is 0.255 e. The summed E-state index contributed by atoms with van der Waals surface area (Å²) in [6, 6.07) is 18.4. The topological polar surface area (TPSA) is 75.7 Å². The van der Waals surface area contributed by atoms with E-state index in [2.05, 4.69) is 10.2 Å². The molecule has 1 unspecified atom stereocenters. The number of carbonyl (C=O) groups excluding carboxylic acids is 1. The molecule has 1 N–H and O–H groups in total. The van der Waals surface area contributed by atoms with Crippen LogP contribution < -0.4 is 10.7 Å². The predicted octanol–water partition coefficient (Wildman–Crippen LogP) is 5.32. The molecule has 4 aromatic rings. The van der Waals surface area contributed by atoms with E-state index >= 15 is 0 Å².